The average Bonchev–Trinajstić information content (AvgIpc) is 2.47. The van der Waals surface area contributed by atoms with Gasteiger partial charge in [0.2, 0.25) is 0 Å². The normalized spacial score (nSPS) is 10.7. The second kappa shape index (κ2) is 6.71. The maximum atomic E-state index is 12.1. The minimum atomic E-state index is -0.00342. The van der Waals surface area contributed by atoms with E-state index in [4.69, 9.17) is 4.74 Å². The highest BCUT2D eigenvalue weighted by atomic mass is 16.5. The van der Waals surface area contributed by atoms with Gasteiger partial charge in [0.05, 0.1) is 6.61 Å². The van der Waals surface area contributed by atoms with E-state index in [1.54, 1.807) is 12.2 Å². The van der Waals surface area contributed by atoms with Crippen molar-refractivity contribution >= 4 is 11.9 Å². The zero-order valence-electron chi connectivity index (χ0n) is 11.8. The van der Waals surface area contributed by atoms with Crippen LogP contribution in [0.1, 0.15) is 28.4 Å². The summed E-state index contributed by atoms with van der Waals surface area (Å²) in [6.45, 7) is 4.55. The molecule has 0 radical (unpaired) electrons. The Kier molecular flexibility index (Phi) is 4.72. The Balaban J connectivity index is 2.17. The molecule has 0 spiro atoms. The smallest absolute Gasteiger partial charge is 0.185 e. The first-order valence-electron chi connectivity index (χ1n) is 6.71. The second-order valence-electron chi connectivity index (χ2n) is 4.53. The molecule has 0 fully saturated rings. The first kappa shape index (κ1) is 14.1. The van der Waals surface area contributed by atoms with E-state index in [0.717, 1.165) is 16.9 Å². The predicted molar refractivity (Wildman–Crippen MR) is 82.2 cm³/mol. The Hall–Kier alpha value is -2.35. The summed E-state index contributed by atoms with van der Waals surface area (Å²) in [5.41, 5.74) is 2.75. The summed E-state index contributed by atoms with van der Waals surface area (Å²) in [4.78, 5) is 12.1. The van der Waals surface area contributed by atoms with Crippen LogP contribution in [-0.4, -0.2) is 12.4 Å². The number of carbonyl (C=O) groups is 1. The number of rotatable bonds is 5. The quantitative estimate of drug-likeness (QED) is 0.596. The van der Waals surface area contributed by atoms with Gasteiger partial charge in [-0.25, -0.2) is 0 Å². The number of allylic oxidation sites excluding steroid dienone is 1. The minimum Gasteiger partial charge on any atom is -0.493 e. The van der Waals surface area contributed by atoms with Crippen LogP contribution in [-0.2, 0) is 0 Å². The summed E-state index contributed by atoms with van der Waals surface area (Å²) in [7, 11) is 0. The van der Waals surface area contributed by atoms with E-state index in [-0.39, 0.29) is 5.78 Å². The zero-order chi connectivity index (χ0) is 14.4. The van der Waals surface area contributed by atoms with E-state index in [1.807, 2.05) is 62.4 Å². The van der Waals surface area contributed by atoms with Gasteiger partial charge in [-0.05, 0) is 32.1 Å². The monoisotopic (exact) mass is 266 g/mol. The van der Waals surface area contributed by atoms with E-state index < -0.39 is 0 Å². The molecule has 20 heavy (non-hydrogen) atoms. The van der Waals surface area contributed by atoms with Gasteiger partial charge in [-0.2, -0.15) is 0 Å². The summed E-state index contributed by atoms with van der Waals surface area (Å²) >= 11 is 0. The number of ether oxygens (including phenoxy) is 1. The molecule has 2 heteroatoms. The molecule has 0 atom stereocenters. The van der Waals surface area contributed by atoms with E-state index in [2.05, 4.69) is 0 Å². The fraction of sp³-hybridized carbons (Fsp3) is 0.167. The van der Waals surface area contributed by atoms with Crippen molar-refractivity contribution in [2.75, 3.05) is 6.61 Å². The molecule has 0 aromatic heterocycles. The van der Waals surface area contributed by atoms with Crippen LogP contribution in [0.2, 0.25) is 0 Å². The summed E-state index contributed by atoms with van der Waals surface area (Å²) < 4.78 is 5.53. The third kappa shape index (κ3) is 3.58. The lowest BCUT2D eigenvalue weighted by atomic mass is 10.1. The number of aryl methyl sites for hydroxylation is 1. The van der Waals surface area contributed by atoms with Gasteiger partial charge >= 0.3 is 0 Å². The van der Waals surface area contributed by atoms with Gasteiger partial charge < -0.3 is 4.74 Å². The van der Waals surface area contributed by atoms with Gasteiger partial charge in [-0.15, -0.1) is 0 Å². The Morgan fingerprint density at radius 2 is 1.80 bits per heavy atom. The predicted octanol–water partition coefficient (Wildman–Crippen LogP) is 4.29. The maximum Gasteiger partial charge on any atom is 0.185 e. The molecule has 0 heterocycles. The molecule has 0 aliphatic heterocycles. The number of para-hydroxylation sites is 1. The summed E-state index contributed by atoms with van der Waals surface area (Å²) in [5.74, 6) is 0.791. The van der Waals surface area contributed by atoms with Gasteiger partial charge in [-0.1, -0.05) is 48.0 Å². The van der Waals surface area contributed by atoms with Crippen molar-refractivity contribution in [3.8, 4) is 5.75 Å². The number of ketones is 1. The van der Waals surface area contributed by atoms with E-state index in [0.29, 0.717) is 12.2 Å². The number of benzene rings is 2. The maximum absolute atomic E-state index is 12.1. The van der Waals surface area contributed by atoms with Gasteiger partial charge in [0.15, 0.2) is 5.78 Å². The molecule has 0 amide bonds. The molecule has 0 aliphatic carbocycles. The fourth-order valence-corrected chi connectivity index (χ4v) is 1.88. The van der Waals surface area contributed by atoms with Crippen molar-refractivity contribution in [3.05, 3.63) is 71.3 Å². The minimum absolute atomic E-state index is 0.00342. The van der Waals surface area contributed by atoms with Crippen molar-refractivity contribution in [3.63, 3.8) is 0 Å². The third-order valence-corrected chi connectivity index (χ3v) is 2.97. The highest BCUT2D eigenvalue weighted by Gasteiger charge is 2.02. The number of hydrogen-bond acceptors (Lipinski definition) is 2. The SMILES string of the molecule is CCOc1ccccc1C=CC(=O)c1ccc(C)cc1. The molecule has 0 unspecified atom stereocenters. The molecular weight excluding hydrogens is 248 g/mol. The van der Waals surface area contributed by atoms with Crippen LogP contribution in [0, 0.1) is 6.92 Å². The number of carbonyl (C=O) groups excluding carboxylic acids is 1. The summed E-state index contributed by atoms with van der Waals surface area (Å²) in [5, 5.41) is 0. The average molecular weight is 266 g/mol. The van der Waals surface area contributed by atoms with Crippen LogP contribution in [0.25, 0.3) is 6.08 Å². The molecule has 2 aromatic rings. The molecule has 2 aromatic carbocycles. The molecular formula is C18H18O2. The topological polar surface area (TPSA) is 26.3 Å². The highest BCUT2D eigenvalue weighted by Crippen LogP contribution is 2.19. The van der Waals surface area contributed by atoms with Gasteiger partial charge in [0.25, 0.3) is 0 Å². The van der Waals surface area contributed by atoms with Gasteiger partial charge in [0, 0.05) is 11.1 Å². The van der Waals surface area contributed by atoms with Crippen molar-refractivity contribution in [1.82, 2.24) is 0 Å². The van der Waals surface area contributed by atoms with Crippen LogP contribution in [0.3, 0.4) is 0 Å². The molecule has 0 N–H and O–H groups in total. The molecule has 0 aliphatic rings. The number of hydrogen-bond donors (Lipinski definition) is 0. The van der Waals surface area contributed by atoms with Crippen LogP contribution in [0.5, 0.6) is 5.75 Å². The molecule has 2 rings (SSSR count). The lowest BCUT2D eigenvalue weighted by Crippen LogP contribution is -1.95. The summed E-state index contributed by atoms with van der Waals surface area (Å²) in [6, 6.07) is 15.3. The van der Waals surface area contributed by atoms with Gasteiger partial charge in [0.1, 0.15) is 5.75 Å². The van der Waals surface area contributed by atoms with E-state index in [9.17, 15) is 4.79 Å². The zero-order valence-corrected chi connectivity index (χ0v) is 11.8. The molecule has 102 valence electrons. The molecule has 2 nitrogen and oxygen atoms in total. The first-order valence-corrected chi connectivity index (χ1v) is 6.71. The van der Waals surface area contributed by atoms with Crippen LogP contribution < -0.4 is 4.74 Å². The lowest BCUT2D eigenvalue weighted by Gasteiger charge is -2.06. The Bertz CT molecular complexity index is 610. The van der Waals surface area contributed by atoms with Crippen molar-refractivity contribution < 1.29 is 9.53 Å². The third-order valence-electron chi connectivity index (χ3n) is 2.97. The summed E-state index contributed by atoms with van der Waals surface area (Å²) in [6.07, 6.45) is 3.38. The van der Waals surface area contributed by atoms with Crippen molar-refractivity contribution in [2.24, 2.45) is 0 Å². The lowest BCUT2D eigenvalue weighted by molar-refractivity contribution is 0.104. The largest absolute Gasteiger partial charge is 0.493 e. The van der Waals surface area contributed by atoms with Crippen LogP contribution in [0.4, 0.5) is 0 Å². The fourth-order valence-electron chi connectivity index (χ4n) is 1.88. The Morgan fingerprint density at radius 1 is 1.10 bits per heavy atom. The van der Waals surface area contributed by atoms with E-state index >= 15 is 0 Å². The molecule has 0 saturated carbocycles. The Morgan fingerprint density at radius 3 is 2.50 bits per heavy atom. The standard InChI is InChI=1S/C18H18O2/c1-3-20-18-7-5-4-6-16(18)12-13-17(19)15-10-8-14(2)9-11-15/h4-13H,3H2,1-2H3. The van der Waals surface area contributed by atoms with E-state index in [1.165, 1.54) is 0 Å². The van der Waals surface area contributed by atoms with Crippen LogP contribution in [0.15, 0.2) is 54.6 Å². The van der Waals surface area contributed by atoms with Gasteiger partial charge in [-0.3, -0.25) is 4.79 Å². The Labute approximate surface area is 119 Å². The van der Waals surface area contributed by atoms with Crippen LogP contribution >= 0.6 is 0 Å². The first-order chi connectivity index (χ1) is 9.70. The van der Waals surface area contributed by atoms with Crippen molar-refractivity contribution in [1.29, 1.82) is 0 Å². The molecule has 0 saturated heterocycles. The molecule has 0 bridgehead atoms. The highest BCUT2D eigenvalue weighted by molar-refractivity contribution is 6.06. The van der Waals surface area contributed by atoms with Crippen molar-refractivity contribution in [2.45, 2.75) is 13.8 Å². The second-order valence-corrected chi connectivity index (χ2v) is 4.53.